The Balaban J connectivity index is 2.85. The lowest BCUT2D eigenvalue weighted by Crippen LogP contribution is -2.19. The highest BCUT2D eigenvalue weighted by Crippen LogP contribution is 2.16. The van der Waals surface area contributed by atoms with Crippen molar-refractivity contribution >= 4 is 28.8 Å². The molecule has 0 aliphatic heterocycles. The fraction of sp³-hybridized carbons (Fsp3) is 0.364. The molecule has 1 atom stereocenters. The molecule has 16 heavy (non-hydrogen) atoms. The average molecular weight is 262 g/mol. The molecule has 0 N–H and O–H groups in total. The Labute approximate surface area is 102 Å². The van der Waals surface area contributed by atoms with Gasteiger partial charge in [-0.1, -0.05) is 17.7 Å². The van der Waals surface area contributed by atoms with Crippen LogP contribution >= 0.6 is 11.6 Å². The number of halogens is 2. The van der Waals surface area contributed by atoms with E-state index in [0.717, 1.165) is 0 Å². The lowest BCUT2D eigenvalue weighted by molar-refractivity contribution is 0.628. The Morgan fingerprint density at radius 1 is 1.44 bits per heavy atom. The van der Waals surface area contributed by atoms with Crippen LogP contribution in [-0.4, -0.2) is 15.2 Å². The summed E-state index contributed by atoms with van der Waals surface area (Å²) in [5.74, 6) is -0.476. The molecule has 0 heterocycles. The monoisotopic (exact) mass is 261 g/mol. The highest BCUT2D eigenvalue weighted by molar-refractivity contribution is 7.85. The summed E-state index contributed by atoms with van der Waals surface area (Å²) in [4.78, 5) is 0. The first-order valence-corrected chi connectivity index (χ1v) is 6.20. The van der Waals surface area contributed by atoms with E-state index in [4.69, 9.17) is 11.6 Å². The van der Waals surface area contributed by atoms with Crippen LogP contribution in [0.3, 0.4) is 0 Å². The van der Waals surface area contributed by atoms with E-state index in [-0.39, 0.29) is 5.02 Å². The molecule has 1 aromatic carbocycles. The molecule has 1 unspecified atom stereocenters. The van der Waals surface area contributed by atoms with Crippen molar-refractivity contribution in [1.82, 2.24) is 0 Å². The van der Waals surface area contributed by atoms with Gasteiger partial charge in [-0.3, -0.25) is 0 Å². The van der Waals surface area contributed by atoms with Gasteiger partial charge < -0.3 is 0 Å². The molecule has 0 aliphatic rings. The van der Waals surface area contributed by atoms with Crippen molar-refractivity contribution in [2.75, 3.05) is 0 Å². The smallest absolute Gasteiger partial charge is 0.144 e. The largest absolute Gasteiger partial charge is 0.234 e. The summed E-state index contributed by atoms with van der Waals surface area (Å²) in [5, 5.41) is 0.0329. The maximum absolute atomic E-state index is 12.9. The Hall–Kier alpha value is -0.740. The Morgan fingerprint density at radius 2 is 2.06 bits per heavy atom. The molecule has 0 saturated heterocycles. The summed E-state index contributed by atoms with van der Waals surface area (Å²) in [6.45, 7) is 5.49. The summed E-state index contributed by atoms with van der Waals surface area (Å²) >= 11 is 5.61. The predicted molar refractivity (Wildman–Crippen MR) is 66.9 cm³/mol. The molecule has 0 radical (unpaired) electrons. The van der Waals surface area contributed by atoms with E-state index in [1.54, 1.807) is 0 Å². The standard InChI is InChI=1S/C11H13ClFNOS/c1-11(2,3)16(15)14-7-8-4-5-10(13)9(12)6-8/h4-7H,1-3H3. The van der Waals surface area contributed by atoms with Gasteiger partial charge in [0.05, 0.1) is 9.77 Å². The minimum Gasteiger partial charge on any atom is -0.234 e. The number of hydrogen-bond acceptors (Lipinski definition) is 1. The Kier molecular flexibility index (Phi) is 4.21. The normalized spacial score (nSPS) is 14.3. The van der Waals surface area contributed by atoms with Crippen LogP contribution in [0.25, 0.3) is 0 Å². The molecule has 1 aromatic rings. The number of hydrogen-bond donors (Lipinski definition) is 0. The molecule has 2 nitrogen and oxygen atoms in total. The van der Waals surface area contributed by atoms with Gasteiger partial charge in [0.2, 0.25) is 0 Å². The van der Waals surface area contributed by atoms with Crippen LogP contribution in [0.1, 0.15) is 26.3 Å². The molecule has 0 aromatic heterocycles. The lowest BCUT2D eigenvalue weighted by atomic mass is 10.2. The summed E-state index contributed by atoms with van der Waals surface area (Å²) in [7, 11) is -1.32. The molecule has 0 spiro atoms. The van der Waals surface area contributed by atoms with Gasteiger partial charge >= 0.3 is 0 Å². The van der Waals surface area contributed by atoms with Crippen LogP contribution in [0.2, 0.25) is 5.02 Å². The summed E-state index contributed by atoms with van der Waals surface area (Å²) in [6.07, 6.45) is 1.44. The van der Waals surface area contributed by atoms with Crippen LogP contribution in [-0.2, 0) is 11.0 Å². The Morgan fingerprint density at radius 3 is 2.56 bits per heavy atom. The van der Waals surface area contributed by atoms with E-state index in [1.807, 2.05) is 20.8 Å². The topological polar surface area (TPSA) is 29.4 Å². The van der Waals surface area contributed by atoms with Crippen molar-refractivity contribution < 1.29 is 8.60 Å². The van der Waals surface area contributed by atoms with E-state index in [9.17, 15) is 8.60 Å². The Bertz CT molecular complexity index is 440. The summed E-state index contributed by atoms with van der Waals surface area (Å²) in [5.41, 5.74) is 0.629. The van der Waals surface area contributed by atoms with Crippen molar-refractivity contribution in [3.63, 3.8) is 0 Å². The van der Waals surface area contributed by atoms with E-state index in [1.165, 1.54) is 24.4 Å². The third-order valence-corrected chi connectivity index (χ3v) is 3.40. The SMILES string of the molecule is CC(C)(C)S(=O)N=Cc1ccc(F)c(Cl)c1. The maximum Gasteiger partial charge on any atom is 0.144 e. The van der Waals surface area contributed by atoms with E-state index in [2.05, 4.69) is 4.40 Å². The fourth-order valence-electron chi connectivity index (χ4n) is 0.860. The maximum atomic E-state index is 12.9. The zero-order valence-corrected chi connectivity index (χ0v) is 10.9. The van der Waals surface area contributed by atoms with Crippen molar-refractivity contribution in [3.05, 3.63) is 34.6 Å². The van der Waals surface area contributed by atoms with E-state index < -0.39 is 21.5 Å². The van der Waals surface area contributed by atoms with Crippen LogP contribution in [0.15, 0.2) is 22.6 Å². The third kappa shape index (κ3) is 3.68. The van der Waals surface area contributed by atoms with Gasteiger partial charge in [0.1, 0.15) is 16.8 Å². The van der Waals surface area contributed by atoms with Gasteiger partial charge in [-0.2, -0.15) is 4.40 Å². The zero-order valence-electron chi connectivity index (χ0n) is 9.33. The fourth-order valence-corrected chi connectivity index (χ4v) is 1.58. The molecular formula is C11H13ClFNOS. The highest BCUT2D eigenvalue weighted by atomic mass is 35.5. The average Bonchev–Trinajstić information content (AvgIpc) is 2.18. The lowest BCUT2D eigenvalue weighted by Gasteiger charge is -2.12. The molecule has 88 valence electrons. The van der Waals surface area contributed by atoms with Crippen molar-refractivity contribution in [3.8, 4) is 0 Å². The van der Waals surface area contributed by atoms with Crippen LogP contribution in [0, 0.1) is 5.82 Å². The van der Waals surface area contributed by atoms with Gasteiger partial charge in [0.25, 0.3) is 0 Å². The van der Waals surface area contributed by atoms with Crippen LogP contribution in [0.4, 0.5) is 4.39 Å². The molecule has 5 heteroatoms. The first kappa shape index (κ1) is 13.3. The van der Waals surface area contributed by atoms with Crippen molar-refractivity contribution in [2.45, 2.75) is 25.5 Å². The predicted octanol–water partition coefficient (Wildman–Crippen LogP) is 3.36. The molecule has 0 aliphatic carbocycles. The van der Waals surface area contributed by atoms with Gasteiger partial charge in [0.15, 0.2) is 0 Å². The minimum absolute atomic E-state index is 0.0329. The molecule has 0 fully saturated rings. The van der Waals surface area contributed by atoms with Gasteiger partial charge in [-0.05, 0) is 38.5 Å². The van der Waals surface area contributed by atoms with E-state index >= 15 is 0 Å². The second-order valence-corrected chi connectivity index (χ2v) is 6.61. The minimum atomic E-state index is -1.32. The van der Waals surface area contributed by atoms with Crippen LogP contribution in [0.5, 0.6) is 0 Å². The first-order chi connectivity index (χ1) is 7.30. The second-order valence-electron chi connectivity index (χ2n) is 4.27. The second kappa shape index (κ2) is 5.06. The van der Waals surface area contributed by atoms with Gasteiger partial charge in [0, 0.05) is 6.21 Å². The molecule has 1 rings (SSSR count). The highest BCUT2D eigenvalue weighted by Gasteiger charge is 2.18. The molecule has 0 amide bonds. The number of nitrogens with zero attached hydrogens (tertiary/aromatic N) is 1. The molecule has 0 bridgehead atoms. The zero-order chi connectivity index (χ0) is 12.3. The van der Waals surface area contributed by atoms with Crippen molar-refractivity contribution in [2.24, 2.45) is 4.40 Å². The van der Waals surface area contributed by atoms with E-state index in [0.29, 0.717) is 5.56 Å². The van der Waals surface area contributed by atoms with Crippen LogP contribution < -0.4 is 0 Å². The quantitative estimate of drug-likeness (QED) is 0.751. The van der Waals surface area contributed by atoms with Crippen molar-refractivity contribution in [1.29, 1.82) is 0 Å². The van der Waals surface area contributed by atoms with Gasteiger partial charge in [-0.15, -0.1) is 0 Å². The number of benzene rings is 1. The number of rotatable bonds is 2. The summed E-state index contributed by atoms with van der Waals surface area (Å²) in [6, 6.07) is 4.23. The summed E-state index contributed by atoms with van der Waals surface area (Å²) < 4.78 is 27.9. The third-order valence-electron chi connectivity index (χ3n) is 1.77. The molecular weight excluding hydrogens is 249 g/mol. The first-order valence-electron chi connectivity index (χ1n) is 4.72. The van der Waals surface area contributed by atoms with Gasteiger partial charge in [-0.25, -0.2) is 8.60 Å². The molecule has 0 saturated carbocycles.